The van der Waals surface area contributed by atoms with Crippen molar-refractivity contribution in [3.8, 4) is 0 Å². The fraction of sp³-hybridized carbons (Fsp3) is 0.667. The molecule has 1 aliphatic rings. The number of nitrogens with one attached hydrogen (secondary N) is 1. The van der Waals surface area contributed by atoms with Gasteiger partial charge in [0.2, 0.25) is 0 Å². The lowest BCUT2D eigenvalue weighted by Crippen LogP contribution is -2.49. The average Bonchev–Trinajstić information content (AvgIpc) is 2.47. The van der Waals surface area contributed by atoms with Crippen LogP contribution in [0.2, 0.25) is 0 Å². The minimum Gasteiger partial charge on any atom is -0.376 e. The molecule has 2 rings (SSSR count). The van der Waals surface area contributed by atoms with Crippen molar-refractivity contribution in [2.45, 2.75) is 58.1 Å². The maximum Gasteiger partial charge on any atom is 0.0872 e. The molecule has 1 saturated carbocycles. The molecule has 1 fully saturated rings. The monoisotopic (exact) mass is 275 g/mol. The predicted octanol–water partition coefficient (Wildman–Crippen LogP) is 4.32. The Hall–Kier alpha value is -0.860. The van der Waals surface area contributed by atoms with Gasteiger partial charge < -0.3 is 10.1 Å². The highest BCUT2D eigenvalue weighted by molar-refractivity contribution is 5.23. The number of hydrogen-bond acceptors (Lipinski definition) is 2. The van der Waals surface area contributed by atoms with Gasteiger partial charge in [-0.1, -0.05) is 51.1 Å². The minimum atomic E-state index is -0.0626. The number of benzene rings is 1. The van der Waals surface area contributed by atoms with E-state index in [2.05, 4.69) is 56.4 Å². The van der Waals surface area contributed by atoms with E-state index in [-0.39, 0.29) is 11.6 Å². The molecule has 0 bridgehead atoms. The molecular weight excluding hydrogens is 246 g/mol. The molecule has 1 unspecified atom stereocenters. The first-order chi connectivity index (χ1) is 9.53. The van der Waals surface area contributed by atoms with Gasteiger partial charge in [0.1, 0.15) is 0 Å². The molecule has 1 atom stereocenters. The van der Waals surface area contributed by atoms with E-state index in [1.165, 1.54) is 18.4 Å². The third kappa shape index (κ3) is 3.24. The molecule has 1 aromatic carbocycles. The van der Waals surface area contributed by atoms with Gasteiger partial charge in [-0.2, -0.15) is 0 Å². The second-order valence-corrected chi connectivity index (χ2v) is 6.83. The van der Waals surface area contributed by atoms with Gasteiger partial charge in [-0.3, -0.25) is 0 Å². The van der Waals surface area contributed by atoms with Gasteiger partial charge in [0.05, 0.1) is 11.6 Å². The summed E-state index contributed by atoms with van der Waals surface area (Å²) in [6.45, 7) is 7.88. The van der Waals surface area contributed by atoms with E-state index in [0.717, 1.165) is 19.4 Å². The topological polar surface area (TPSA) is 21.3 Å². The van der Waals surface area contributed by atoms with Gasteiger partial charge in [-0.15, -0.1) is 0 Å². The fourth-order valence-corrected chi connectivity index (χ4v) is 3.42. The summed E-state index contributed by atoms with van der Waals surface area (Å²) in [7, 11) is 1.88. The van der Waals surface area contributed by atoms with Gasteiger partial charge >= 0.3 is 0 Å². The fourth-order valence-electron chi connectivity index (χ4n) is 3.42. The Morgan fingerprint density at radius 3 is 2.20 bits per heavy atom. The van der Waals surface area contributed by atoms with E-state index in [1.54, 1.807) is 0 Å². The van der Waals surface area contributed by atoms with E-state index < -0.39 is 0 Å². The summed E-state index contributed by atoms with van der Waals surface area (Å²) in [5.74, 6) is 0. The van der Waals surface area contributed by atoms with Crippen LogP contribution in [-0.4, -0.2) is 19.3 Å². The van der Waals surface area contributed by atoms with Crippen molar-refractivity contribution in [1.82, 2.24) is 5.32 Å². The molecule has 1 aromatic rings. The summed E-state index contributed by atoms with van der Waals surface area (Å²) in [6.07, 6.45) is 4.72. The van der Waals surface area contributed by atoms with E-state index in [4.69, 9.17) is 4.74 Å². The smallest absolute Gasteiger partial charge is 0.0872 e. The summed E-state index contributed by atoms with van der Waals surface area (Å²) in [5, 5.41) is 3.66. The molecule has 0 aromatic heterocycles. The number of ether oxygens (including phenoxy) is 1. The maximum atomic E-state index is 6.08. The van der Waals surface area contributed by atoms with Crippen LogP contribution in [0.5, 0.6) is 0 Å². The van der Waals surface area contributed by atoms with Gasteiger partial charge in [-0.25, -0.2) is 0 Å². The van der Waals surface area contributed by atoms with Crippen molar-refractivity contribution in [1.29, 1.82) is 0 Å². The Morgan fingerprint density at radius 1 is 1.10 bits per heavy atom. The lowest BCUT2D eigenvalue weighted by atomic mass is 9.67. The first kappa shape index (κ1) is 15.5. The first-order valence-corrected chi connectivity index (χ1v) is 7.86. The van der Waals surface area contributed by atoms with Crippen LogP contribution in [0.1, 0.15) is 58.1 Å². The van der Waals surface area contributed by atoms with Crippen LogP contribution in [0.3, 0.4) is 0 Å². The number of hydrogen-bond donors (Lipinski definition) is 1. The average molecular weight is 275 g/mol. The van der Waals surface area contributed by atoms with E-state index in [0.29, 0.717) is 5.41 Å². The zero-order valence-electron chi connectivity index (χ0n) is 13.4. The second kappa shape index (κ2) is 6.28. The summed E-state index contributed by atoms with van der Waals surface area (Å²) < 4.78 is 6.08. The molecular formula is C18H29NO. The van der Waals surface area contributed by atoms with Crippen LogP contribution in [0.25, 0.3) is 0 Å². The van der Waals surface area contributed by atoms with Crippen LogP contribution in [-0.2, 0) is 4.74 Å². The highest BCUT2D eigenvalue weighted by atomic mass is 16.5. The summed E-state index contributed by atoms with van der Waals surface area (Å²) in [5.41, 5.74) is 1.73. The maximum absolute atomic E-state index is 6.08. The summed E-state index contributed by atoms with van der Waals surface area (Å²) in [6, 6.07) is 11.0. The molecule has 2 heteroatoms. The van der Waals surface area contributed by atoms with E-state index in [1.807, 2.05) is 7.11 Å². The van der Waals surface area contributed by atoms with Crippen molar-refractivity contribution in [3.63, 3.8) is 0 Å². The van der Waals surface area contributed by atoms with E-state index in [9.17, 15) is 0 Å². The van der Waals surface area contributed by atoms with Crippen LogP contribution < -0.4 is 5.32 Å². The lowest BCUT2D eigenvalue weighted by Gasteiger charge is -2.47. The molecule has 0 radical (unpaired) electrons. The van der Waals surface area contributed by atoms with E-state index >= 15 is 0 Å². The van der Waals surface area contributed by atoms with Crippen LogP contribution in [0.4, 0.5) is 0 Å². The second-order valence-electron chi connectivity index (χ2n) is 6.83. The SMILES string of the molecule is CCNC(c1ccccc1)C1(OC)CCC(C)(C)CC1. The zero-order valence-corrected chi connectivity index (χ0v) is 13.4. The number of likely N-dealkylation sites (N-methyl/N-ethyl adjacent to an activating group) is 1. The highest BCUT2D eigenvalue weighted by Crippen LogP contribution is 2.47. The normalized spacial score (nSPS) is 22.4. The van der Waals surface area contributed by atoms with Crippen LogP contribution in [0.15, 0.2) is 30.3 Å². The van der Waals surface area contributed by atoms with Gasteiger partial charge in [0.25, 0.3) is 0 Å². The Bertz CT molecular complexity index is 403. The molecule has 1 N–H and O–H groups in total. The quantitative estimate of drug-likeness (QED) is 0.864. The lowest BCUT2D eigenvalue weighted by molar-refractivity contribution is -0.0873. The molecule has 2 nitrogen and oxygen atoms in total. The van der Waals surface area contributed by atoms with Crippen LogP contribution >= 0.6 is 0 Å². The van der Waals surface area contributed by atoms with Crippen molar-refractivity contribution in [3.05, 3.63) is 35.9 Å². The Labute approximate surface area is 123 Å². The molecule has 20 heavy (non-hydrogen) atoms. The van der Waals surface area contributed by atoms with Crippen molar-refractivity contribution in [2.75, 3.05) is 13.7 Å². The number of rotatable bonds is 5. The van der Waals surface area contributed by atoms with Crippen molar-refractivity contribution >= 4 is 0 Å². The molecule has 1 aliphatic carbocycles. The highest BCUT2D eigenvalue weighted by Gasteiger charge is 2.44. The Kier molecular flexibility index (Phi) is 4.87. The van der Waals surface area contributed by atoms with Crippen molar-refractivity contribution < 1.29 is 4.74 Å². The molecule has 0 amide bonds. The Morgan fingerprint density at radius 2 is 1.70 bits per heavy atom. The molecule has 0 saturated heterocycles. The third-order valence-electron chi connectivity index (χ3n) is 4.92. The first-order valence-electron chi connectivity index (χ1n) is 7.86. The zero-order chi connectivity index (χ0) is 14.6. The third-order valence-corrected chi connectivity index (χ3v) is 4.92. The van der Waals surface area contributed by atoms with Crippen LogP contribution in [0, 0.1) is 5.41 Å². The van der Waals surface area contributed by atoms with Crippen molar-refractivity contribution in [2.24, 2.45) is 5.41 Å². The minimum absolute atomic E-state index is 0.0626. The number of methoxy groups -OCH3 is 1. The van der Waals surface area contributed by atoms with Gasteiger partial charge in [0, 0.05) is 7.11 Å². The summed E-state index contributed by atoms with van der Waals surface area (Å²) >= 11 is 0. The predicted molar refractivity (Wildman–Crippen MR) is 84.8 cm³/mol. The summed E-state index contributed by atoms with van der Waals surface area (Å²) in [4.78, 5) is 0. The molecule has 112 valence electrons. The molecule has 0 heterocycles. The molecule has 0 spiro atoms. The van der Waals surface area contributed by atoms with Gasteiger partial charge in [-0.05, 0) is 43.2 Å². The molecule has 0 aliphatic heterocycles. The Balaban J connectivity index is 2.26. The largest absolute Gasteiger partial charge is 0.376 e. The standard InChI is InChI=1S/C18H29NO/c1-5-19-16(15-9-7-6-8-10-15)18(20-4)13-11-17(2,3)12-14-18/h6-10,16,19H,5,11-14H2,1-4H3. The van der Waals surface area contributed by atoms with Gasteiger partial charge in [0.15, 0.2) is 0 Å².